The highest BCUT2D eigenvalue weighted by molar-refractivity contribution is 4.97. The molecule has 19 heavy (non-hydrogen) atoms. The SMILES string of the molecule is CNC1CCC(C(C)C)CC1N1CCOCC1(C)C. The minimum absolute atomic E-state index is 0.177. The van der Waals surface area contributed by atoms with Crippen LogP contribution in [0.25, 0.3) is 0 Å². The van der Waals surface area contributed by atoms with Crippen molar-refractivity contribution in [2.24, 2.45) is 11.8 Å². The van der Waals surface area contributed by atoms with Crippen LogP contribution in [0.1, 0.15) is 47.0 Å². The van der Waals surface area contributed by atoms with Crippen LogP contribution in [-0.4, -0.2) is 49.3 Å². The third kappa shape index (κ3) is 3.32. The molecular formula is C16H32N2O. The van der Waals surface area contributed by atoms with Crippen molar-refractivity contribution in [1.82, 2.24) is 10.2 Å². The Morgan fingerprint density at radius 2 is 2.00 bits per heavy atom. The first-order valence-corrected chi connectivity index (χ1v) is 7.97. The van der Waals surface area contributed by atoms with E-state index in [-0.39, 0.29) is 5.54 Å². The van der Waals surface area contributed by atoms with Crippen LogP contribution in [-0.2, 0) is 4.74 Å². The lowest BCUT2D eigenvalue weighted by molar-refractivity contribution is -0.0895. The summed E-state index contributed by atoms with van der Waals surface area (Å²) in [6.07, 6.45) is 4.04. The number of morpholine rings is 1. The maximum absolute atomic E-state index is 5.69. The average molecular weight is 268 g/mol. The number of hydrogen-bond donors (Lipinski definition) is 1. The molecule has 1 saturated carbocycles. The fraction of sp³-hybridized carbons (Fsp3) is 1.00. The van der Waals surface area contributed by atoms with Gasteiger partial charge in [-0.05, 0) is 52.0 Å². The van der Waals surface area contributed by atoms with Gasteiger partial charge in [0.25, 0.3) is 0 Å². The summed E-state index contributed by atoms with van der Waals surface area (Å²) in [5, 5.41) is 3.57. The molecule has 0 amide bonds. The predicted molar refractivity (Wildman–Crippen MR) is 80.4 cm³/mol. The van der Waals surface area contributed by atoms with Crippen LogP contribution < -0.4 is 5.32 Å². The van der Waals surface area contributed by atoms with Gasteiger partial charge in [-0.3, -0.25) is 4.90 Å². The molecule has 0 bridgehead atoms. The minimum Gasteiger partial charge on any atom is -0.378 e. The van der Waals surface area contributed by atoms with Gasteiger partial charge in [0.15, 0.2) is 0 Å². The molecule has 112 valence electrons. The Labute approximate surface area is 119 Å². The van der Waals surface area contributed by atoms with Gasteiger partial charge in [0.05, 0.1) is 13.2 Å². The lowest BCUT2D eigenvalue weighted by Gasteiger charge is -2.52. The topological polar surface area (TPSA) is 24.5 Å². The lowest BCUT2D eigenvalue weighted by atomic mass is 9.75. The summed E-state index contributed by atoms with van der Waals surface area (Å²) >= 11 is 0. The van der Waals surface area contributed by atoms with Gasteiger partial charge in [-0.1, -0.05) is 13.8 Å². The standard InChI is InChI=1S/C16H32N2O/c1-12(2)13-6-7-14(17-5)15(10-13)18-8-9-19-11-16(18,3)4/h12-15,17H,6-11H2,1-5H3. The van der Waals surface area contributed by atoms with Crippen LogP contribution in [0.2, 0.25) is 0 Å². The highest BCUT2D eigenvalue weighted by Crippen LogP contribution is 2.36. The Morgan fingerprint density at radius 3 is 2.58 bits per heavy atom. The van der Waals surface area contributed by atoms with E-state index in [1.165, 1.54) is 19.3 Å². The molecule has 0 radical (unpaired) electrons. The van der Waals surface area contributed by atoms with Crippen molar-refractivity contribution in [2.45, 2.75) is 64.6 Å². The average Bonchev–Trinajstić information content (AvgIpc) is 2.37. The zero-order valence-electron chi connectivity index (χ0n) is 13.4. The van der Waals surface area contributed by atoms with Crippen molar-refractivity contribution in [3.8, 4) is 0 Å². The van der Waals surface area contributed by atoms with Gasteiger partial charge in [0.2, 0.25) is 0 Å². The van der Waals surface area contributed by atoms with E-state index >= 15 is 0 Å². The van der Waals surface area contributed by atoms with Gasteiger partial charge in [0.1, 0.15) is 0 Å². The summed E-state index contributed by atoms with van der Waals surface area (Å²) in [5.74, 6) is 1.69. The summed E-state index contributed by atoms with van der Waals surface area (Å²) in [4.78, 5) is 2.71. The van der Waals surface area contributed by atoms with E-state index in [0.717, 1.165) is 31.6 Å². The maximum Gasteiger partial charge on any atom is 0.0645 e. The highest BCUT2D eigenvalue weighted by Gasteiger charge is 2.41. The fourth-order valence-electron chi connectivity index (χ4n) is 3.95. The van der Waals surface area contributed by atoms with Crippen molar-refractivity contribution in [2.75, 3.05) is 26.8 Å². The molecule has 1 N–H and O–H groups in total. The molecule has 1 saturated heterocycles. The highest BCUT2D eigenvalue weighted by atomic mass is 16.5. The monoisotopic (exact) mass is 268 g/mol. The molecule has 3 atom stereocenters. The molecule has 0 spiro atoms. The smallest absolute Gasteiger partial charge is 0.0645 e. The Kier molecular flexibility index (Phi) is 4.91. The molecule has 2 rings (SSSR count). The number of rotatable bonds is 3. The molecule has 3 nitrogen and oxygen atoms in total. The number of nitrogens with one attached hydrogen (secondary N) is 1. The largest absolute Gasteiger partial charge is 0.378 e. The van der Waals surface area contributed by atoms with E-state index in [9.17, 15) is 0 Å². The van der Waals surface area contributed by atoms with Crippen molar-refractivity contribution in [3.63, 3.8) is 0 Å². The third-order valence-corrected chi connectivity index (χ3v) is 5.28. The molecular weight excluding hydrogens is 236 g/mol. The first kappa shape index (κ1) is 15.3. The second-order valence-corrected chi connectivity index (χ2v) is 7.34. The first-order chi connectivity index (χ1) is 8.95. The molecule has 3 heteroatoms. The van der Waals surface area contributed by atoms with Gasteiger partial charge < -0.3 is 10.1 Å². The summed E-state index contributed by atoms with van der Waals surface area (Å²) in [6.45, 7) is 12.3. The summed E-state index contributed by atoms with van der Waals surface area (Å²) in [5.41, 5.74) is 0.177. The second kappa shape index (κ2) is 6.11. The Hall–Kier alpha value is -0.120. The van der Waals surface area contributed by atoms with E-state index in [4.69, 9.17) is 4.74 Å². The van der Waals surface area contributed by atoms with Crippen LogP contribution in [0.4, 0.5) is 0 Å². The lowest BCUT2D eigenvalue weighted by Crippen LogP contribution is -2.63. The van der Waals surface area contributed by atoms with E-state index < -0.39 is 0 Å². The molecule has 1 heterocycles. The third-order valence-electron chi connectivity index (χ3n) is 5.28. The van der Waals surface area contributed by atoms with E-state index in [2.05, 4.69) is 45.0 Å². The number of ether oxygens (including phenoxy) is 1. The van der Waals surface area contributed by atoms with Gasteiger partial charge in [-0.15, -0.1) is 0 Å². The normalized spacial score (nSPS) is 36.6. The molecule has 3 unspecified atom stereocenters. The summed E-state index contributed by atoms with van der Waals surface area (Å²) in [7, 11) is 2.13. The van der Waals surface area contributed by atoms with Crippen LogP contribution in [0, 0.1) is 11.8 Å². The van der Waals surface area contributed by atoms with Crippen molar-refractivity contribution < 1.29 is 4.74 Å². The Balaban J connectivity index is 2.12. The molecule has 1 aliphatic carbocycles. The van der Waals surface area contributed by atoms with Gasteiger partial charge in [-0.2, -0.15) is 0 Å². The van der Waals surface area contributed by atoms with Crippen molar-refractivity contribution in [1.29, 1.82) is 0 Å². The first-order valence-electron chi connectivity index (χ1n) is 7.97. The summed E-state index contributed by atoms with van der Waals surface area (Å²) in [6, 6.07) is 1.32. The van der Waals surface area contributed by atoms with Crippen LogP contribution in [0.15, 0.2) is 0 Å². The van der Waals surface area contributed by atoms with Crippen LogP contribution >= 0.6 is 0 Å². The van der Waals surface area contributed by atoms with Crippen LogP contribution in [0.5, 0.6) is 0 Å². The molecule has 1 aliphatic heterocycles. The zero-order chi connectivity index (χ0) is 14.0. The predicted octanol–water partition coefficient (Wildman–Crippen LogP) is 2.51. The molecule has 2 aliphatic rings. The Bertz CT molecular complexity index is 290. The maximum atomic E-state index is 5.69. The number of likely N-dealkylation sites (N-methyl/N-ethyl adjacent to an activating group) is 1. The fourth-order valence-corrected chi connectivity index (χ4v) is 3.95. The molecule has 0 aromatic heterocycles. The van der Waals surface area contributed by atoms with Gasteiger partial charge in [-0.25, -0.2) is 0 Å². The summed E-state index contributed by atoms with van der Waals surface area (Å²) < 4.78 is 5.69. The number of nitrogens with zero attached hydrogens (tertiary/aromatic N) is 1. The zero-order valence-corrected chi connectivity index (χ0v) is 13.4. The quantitative estimate of drug-likeness (QED) is 0.851. The van der Waals surface area contributed by atoms with E-state index in [1.54, 1.807) is 0 Å². The molecule has 0 aromatic rings. The molecule has 2 fully saturated rings. The van der Waals surface area contributed by atoms with Crippen molar-refractivity contribution in [3.05, 3.63) is 0 Å². The van der Waals surface area contributed by atoms with E-state index in [1.807, 2.05) is 0 Å². The van der Waals surface area contributed by atoms with E-state index in [0.29, 0.717) is 12.1 Å². The van der Waals surface area contributed by atoms with Gasteiger partial charge in [0, 0.05) is 24.2 Å². The second-order valence-electron chi connectivity index (χ2n) is 7.34. The van der Waals surface area contributed by atoms with Crippen LogP contribution in [0.3, 0.4) is 0 Å². The minimum atomic E-state index is 0.177. The number of hydrogen-bond acceptors (Lipinski definition) is 3. The van der Waals surface area contributed by atoms with Crippen molar-refractivity contribution >= 4 is 0 Å². The Morgan fingerprint density at radius 1 is 1.26 bits per heavy atom. The van der Waals surface area contributed by atoms with Gasteiger partial charge >= 0.3 is 0 Å². The molecule has 0 aromatic carbocycles.